The van der Waals surface area contributed by atoms with Gasteiger partial charge in [0.25, 0.3) is 5.91 Å². The van der Waals surface area contributed by atoms with Crippen LogP contribution in [0.3, 0.4) is 0 Å². The van der Waals surface area contributed by atoms with E-state index in [-0.39, 0.29) is 23.5 Å². The molecule has 8 heteroatoms. The summed E-state index contributed by atoms with van der Waals surface area (Å²) in [5, 5.41) is 13.3. The molecule has 200 valence electrons. The number of hydrogen-bond donors (Lipinski definition) is 2. The van der Waals surface area contributed by atoms with E-state index in [0.29, 0.717) is 29.7 Å². The highest BCUT2D eigenvalue weighted by atomic mass is 19.1. The van der Waals surface area contributed by atoms with Gasteiger partial charge in [0, 0.05) is 18.0 Å². The summed E-state index contributed by atoms with van der Waals surface area (Å²) in [6, 6.07) is 7.55. The zero-order chi connectivity index (χ0) is 26.8. The van der Waals surface area contributed by atoms with Crippen LogP contribution >= 0.6 is 0 Å². The maximum Gasteiger partial charge on any atom is 0.253 e. The smallest absolute Gasteiger partial charge is 0.253 e. The van der Waals surface area contributed by atoms with Gasteiger partial charge in [-0.3, -0.25) is 9.79 Å². The van der Waals surface area contributed by atoms with E-state index < -0.39 is 29.7 Å². The van der Waals surface area contributed by atoms with Crippen LogP contribution in [-0.2, 0) is 6.54 Å². The van der Waals surface area contributed by atoms with E-state index in [0.717, 1.165) is 36.8 Å². The summed E-state index contributed by atoms with van der Waals surface area (Å²) in [5.74, 6) is -1.07. The molecular weight excluding hydrogens is 488 g/mol. The normalized spacial score (nSPS) is 21.1. The Morgan fingerprint density at radius 2 is 2.00 bits per heavy atom. The number of nitrogens with zero attached hydrogens (tertiary/aromatic N) is 2. The van der Waals surface area contributed by atoms with Gasteiger partial charge in [-0.25, -0.2) is 8.78 Å². The number of carbonyl (C=O) groups is 1. The van der Waals surface area contributed by atoms with Gasteiger partial charge in [0.15, 0.2) is 0 Å². The molecule has 0 radical (unpaired) electrons. The van der Waals surface area contributed by atoms with Crippen molar-refractivity contribution >= 4 is 28.6 Å². The number of hydrogen-bond acceptors (Lipinski definition) is 4. The van der Waals surface area contributed by atoms with Gasteiger partial charge in [-0.1, -0.05) is 44.4 Å². The molecule has 1 aromatic heterocycles. The Labute approximate surface area is 221 Å². The molecule has 38 heavy (non-hydrogen) atoms. The van der Waals surface area contributed by atoms with Crippen molar-refractivity contribution < 1.29 is 23.4 Å². The molecule has 2 heterocycles. The van der Waals surface area contributed by atoms with E-state index in [4.69, 9.17) is 4.74 Å². The Hall–Kier alpha value is -3.52. The number of allylic oxidation sites excluding steroid dienone is 1. The van der Waals surface area contributed by atoms with E-state index in [1.165, 1.54) is 31.5 Å². The lowest BCUT2D eigenvalue weighted by atomic mass is 9.92. The van der Waals surface area contributed by atoms with Gasteiger partial charge in [-0.15, -0.1) is 0 Å². The van der Waals surface area contributed by atoms with Crippen LogP contribution in [0.1, 0.15) is 66.9 Å². The fourth-order valence-electron chi connectivity index (χ4n) is 5.49. The van der Waals surface area contributed by atoms with E-state index in [1.54, 1.807) is 16.8 Å². The first-order chi connectivity index (χ1) is 18.4. The maximum atomic E-state index is 15.3. The zero-order valence-corrected chi connectivity index (χ0v) is 21.7. The summed E-state index contributed by atoms with van der Waals surface area (Å²) in [7, 11) is 1.47. The molecule has 0 spiro atoms. The van der Waals surface area contributed by atoms with Gasteiger partial charge in [-0.2, -0.15) is 0 Å². The number of fused-ring (bicyclic) bond motifs is 1. The maximum absolute atomic E-state index is 15.3. The number of ether oxygens (including phenoxy) is 1. The third-order valence-electron chi connectivity index (χ3n) is 7.53. The molecule has 3 atom stereocenters. The van der Waals surface area contributed by atoms with Gasteiger partial charge >= 0.3 is 0 Å². The fourth-order valence-corrected chi connectivity index (χ4v) is 5.49. The zero-order valence-electron chi connectivity index (χ0n) is 21.7. The second-order valence-electron chi connectivity index (χ2n) is 10.1. The summed E-state index contributed by atoms with van der Waals surface area (Å²) in [6.45, 7) is 2.18. The van der Waals surface area contributed by atoms with Crippen LogP contribution in [0.5, 0.6) is 5.75 Å². The minimum Gasteiger partial charge on any atom is -0.495 e. The standard InChI is InChI=1S/C30H33F2N3O3/c1-3-6-21-13-20(15-33-21)18-9-10-19(24(32)14-18)16-35-17-22(28-23(31)11-12-27(38-2)29(28)35)30(37)34-25-7-4-5-8-26(25)36/h9-15,17,21,25-26,36H,3-8,16H2,1-2H3,(H,34,37)/t21?,25-,26-/m0/s1. The highest BCUT2D eigenvalue weighted by Crippen LogP contribution is 2.34. The van der Waals surface area contributed by atoms with Crippen LogP contribution in [0, 0.1) is 11.6 Å². The highest BCUT2D eigenvalue weighted by molar-refractivity contribution is 6.12. The molecule has 1 amide bonds. The summed E-state index contributed by atoms with van der Waals surface area (Å²) in [5.41, 5.74) is 2.54. The number of aromatic nitrogens is 1. The molecule has 1 fully saturated rings. The minimum atomic E-state index is -0.634. The van der Waals surface area contributed by atoms with Crippen molar-refractivity contribution in [2.75, 3.05) is 7.11 Å². The Morgan fingerprint density at radius 3 is 2.74 bits per heavy atom. The SMILES string of the molecule is CCCC1C=C(c2ccc(Cn3cc(C(=O)N[C@H]4CCCC[C@@H]4O)c4c(F)ccc(OC)c43)c(F)c2)C=N1. The number of amides is 1. The minimum absolute atomic E-state index is 0.0767. The first-order valence-electron chi connectivity index (χ1n) is 13.3. The van der Waals surface area contributed by atoms with Crippen LogP contribution in [0.25, 0.3) is 16.5 Å². The molecule has 2 N–H and O–H groups in total. The Balaban J connectivity index is 1.48. The van der Waals surface area contributed by atoms with Crippen LogP contribution in [0.2, 0.25) is 0 Å². The van der Waals surface area contributed by atoms with E-state index in [2.05, 4.69) is 23.3 Å². The van der Waals surface area contributed by atoms with Gasteiger partial charge in [-0.05, 0) is 48.6 Å². The van der Waals surface area contributed by atoms with Crippen molar-refractivity contribution in [3.05, 3.63) is 70.9 Å². The van der Waals surface area contributed by atoms with E-state index in [1.807, 2.05) is 6.07 Å². The number of aliphatic hydroxyl groups excluding tert-OH is 1. The predicted octanol–water partition coefficient (Wildman–Crippen LogP) is 5.65. The molecule has 1 aliphatic heterocycles. The van der Waals surface area contributed by atoms with Crippen molar-refractivity contribution in [1.82, 2.24) is 9.88 Å². The molecule has 3 aromatic rings. The van der Waals surface area contributed by atoms with Crippen molar-refractivity contribution in [1.29, 1.82) is 0 Å². The molecule has 1 saturated carbocycles. The third-order valence-corrected chi connectivity index (χ3v) is 7.53. The number of methoxy groups -OCH3 is 1. The summed E-state index contributed by atoms with van der Waals surface area (Å²) in [6.07, 6.45) is 9.82. The van der Waals surface area contributed by atoms with Crippen molar-refractivity contribution in [3.8, 4) is 5.75 Å². The number of benzene rings is 2. The molecule has 0 bridgehead atoms. The number of nitrogens with one attached hydrogen (secondary N) is 1. The number of aliphatic imine (C=N–C) groups is 1. The van der Waals surface area contributed by atoms with Crippen molar-refractivity contribution in [2.45, 2.75) is 70.2 Å². The van der Waals surface area contributed by atoms with Crippen molar-refractivity contribution in [3.63, 3.8) is 0 Å². The Morgan fingerprint density at radius 1 is 1.18 bits per heavy atom. The summed E-state index contributed by atoms with van der Waals surface area (Å²) < 4.78 is 37.6. The predicted molar refractivity (Wildman–Crippen MR) is 145 cm³/mol. The van der Waals surface area contributed by atoms with Crippen LogP contribution < -0.4 is 10.1 Å². The lowest BCUT2D eigenvalue weighted by molar-refractivity contribution is 0.0718. The fraction of sp³-hybridized carbons (Fsp3) is 0.400. The first-order valence-corrected chi connectivity index (χ1v) is 13.3. The lowest BCUT2D eigenvalue weighted by Gasteiger charge is -2.28. The molecule has 1 unspecified atom stereocenters. The van der Waals surface area contributed by atoms with Gasteiger partial charge in [0.05, 0.1) is 48.3 Å². The number of rotatable bonds is 8. The molecular formula is C30H33F2N3O3. The second-order valence-corrected chi connectivity index (χ2v) is 10.1. The average Bonchev–Trinajstić information content (AvgIpc) is 3.53. The van der Waals surface area contributed by atoms with Crippen molar-refractivity contribution in [2.24, 2.45) is 4.99 Å². The molecule has 0 saturated heterocycles. The van der Waals surface area contributed by atoms with Gasteiger partial charge in [0.1, 0.15) is 17.4 Å². The highest BCUT2D eigenvalue weighted by Gasteiger charge is 2.28. The molecule has 2 aliphatic rings. The summed E-state index contributed by atoms with van der Waals surface area (Å²) >= 11 is 0. The Bertz CT molecular complexity index is 1410. The quantitative estimate of drug-likeness (QED) is 0.403. The molecule has 1 aliphatic carbocycles. The first kappa shape index (κ1) is 26.1. The topological polar surface area (TPSA) is 75.9 Å². The van der Waals surface area contributed by atoms with Gasteiger partial charge < -0.3 is 19.7 Å². The van der Waals surface area contributed by atoms with Crippen LogP contribution in [-0.4, -0.2) is 47.1 Å². The third kappa shape index (κ3) is 5.10. The monoisotopic (exact) mass is 521 g/mol. The van der Waals surface area contributed by atoms with Gasteiger partial charge in [0.2, 0.25) is 0 Å². The average molecular weight is 522 g/mol. The van der Waals surface area contributed by atoms with E-state index >= 15 is 8.78 Å². The molecule has 5 rings (SSSR count). The summed E-state index contributed by atoms with van der Waals surface area (Å²) in [4.78, 5) is 17.8. The number of halogens is 2. The number of aliphatic hydroxyl groups is 1. The van der Waals surface area contributed by atoms with Crippen LogP contribution in [0.4, 0.5) is 8.78 Å². The lowest BCUT2D eigenvalue weighted by Crippen LogP contribution is -2.45. The van der Waals surface area contributed by atoms with Crippen LogP contribution in [0.15, 0.2) is 47.6 Å². The number of carbonyl (C=O) groups excluding carboxylic acids is 1. The molecule has 2 aromatic carbocycles. The Kier molecular flexibility index (Phi) is 7.61. The second kappa shape index (κ2) is 11.1. The molecule has 6 nitrogen and oxygen atoms in total. The largest absolute Gasteiger partial charge is 0.495 e. The van der Waals surface area contributed by atoms with E-state index in [9.17, 15) is 9.90 Å².